The van der Waals surface area contributed by atoms with Crippen LogP contribution in [0.1, 0.15) is 45.9 Å². The van der Waals surface area contributed by atoms with E-state index < -0.39 is 0 Å². The van der Waals surface area contributed by atoms with Crippen molar-refractivity contribution in [2.45, 2.75) is 40.2 Å². The predicted molar refractivity (Wildman–Crippen MR) is 71.4 cm³/mol. The van der Waals surface area contributed by atoms with Gasteiger partial charge in [0.2, 0.25) is 0 Å². The molecule has 92 valence electrons. The van der Waals surface area contributed by atoms with E-state index in [2.05, 4.69) is 54.0 Å². The Morgan fingerprint density at radius 3 is 2.50 bits per heavy atom. The molecule has 1 heterocycles. The molecule has 0 bridgehead atoms. The second kappa shape index (κ2) is 5.32. The monoisotopic (exact) mass is 287 g/mol. The highest BCUT2D eigenvalue weighted by Gasteiger charge is 2.29. The van der Waals surface area contributed by atoms with Crippen molar-refractivity contribution in [1.29, 1.82) is 0 Å². The van der Waals surface area contributed by atoms with Crippen LogP contribution in [0, 0.1) is 5.41 Å². The molecule has 0 fully saturated rings. The zero-order valence-electron chi connectivity index (χ0n) is 10.8. The fourth-order valence-corrected chi connectivity index (χ4v) is 2.42. The zero-order valence-corrected chi connectivity index (χ0v) is 12.4. The fourth-order valence-electron chi connectivity index (χ4n) is 1.85. The SMILES string of the molecule is CCCNC(c1c(Br)cnn1C)C(C)(C)C. The van der Waals surface area contributed by atoms with Crippen LogP contribution < -0.4 is 5.32 Å². The topological polar surface area (TPSA) is 29.9 Å². The molecule has 0 aromatic carbocycles. The minimum Gasteiger partial charge on any atom is -0.308 e. The Morgan fingerprint density at radius 2 is 2.12 bits per heavy atom. The summed E-state index contributed by atoms with van der Waals surface area (Å²) in [6, 6.07) is 0.314. The first kappa shape index (κ1) is 13.7. The Morgan fingerprint density at radius 1 is 1.50 bits per heavy atom. The number of halogens is 1. The number of hydrogen-bond donors (Lipinski definition) is 1. The van der Waals surface area contributed by atoms with E-state index in [-0.39, 0.29) is 5.41 Å². The third-order valence-electron chi connectivity index (χ3n) is 2.68. The summed E-state index contributed by atoms with van der Waals surface area (Å²) in [4.78, 5) is 0. The third-order valence-corrected chi connectivity index (χ3v) is 3.29. The molecule has 0 spiro atoms. The van der Waals surface area contributed by atoms with Crippen molar-refractivity contribution in [1.82, 2.24) is 15.1 Å². The number of rotatable bonds is 4. The lowest BCUT2D eigenvalue weighted by atomic mass is 9.84. The molecule has 1 atom stereocenters. The minimum absolute atomic E-state index is 0.172. The van der Waals surface area contributed by atoms with Gasteiger partial charge >= 0.3 is 0 Å². The minimum atomic E-state index is 0.172. The summed E-state index contributed by atoms with van der Waals surface area (Å²) in [5.74, 6) is 0. The van der Waals surface area contributed by atoms with Gasteiger partial charge in [-0.1, -0.05) is 27.7 Å². The molecule has 4 heteroatoms. The molecule has 0 aliphatic heterocycles. The summed E-state index contributed by atoms with van der Waals surface area (Å²) >= 11 is 3.58. The van der Waals surface area contributed by atoms with Gasteiger partial charge in [0, 0.05) is 7.05 Å². The van der Waals surface area contributed by atoms with E-state index >= 15 is 0 Å². The van der Waals surface area contributed by atoms with Crippen LogP contribution in [0.5, 0.6) is 0 Å². The normalized spacial score (nSPS) is 14.1. The van der Waals surface area contributed by atoms with Gasteiger partial charge < -0.3 is 5.32 Å². The van der Waals surface area contributed by atoms with Crippen LogP contribution in [-0.2, 0) is 7.05 Å². The zero-order chi connectivity index (χ0) is 12.3. The average molecular weight is 288 g/mol. The van der Waals surface area contributed by atoms with Crippen molar-refractivity contribution in [3.63, 3.8) is 0 Å². The maximum absolute atomic E-state index is 4.29. The van der Waals surface area contributed by atoms with Gasteiger partial charge in [-0.05, 0) is 34.3 Å². The highest BCUT2D eigenvalue weighted by atomic mass is 79.9. The molecule has 0 aliphatic rings. The molecule has 1 aromatic rings. The van der Waals surface area contributed by atoms with Gasteiger partial charge in [0.15, 0.2) is 0 Å². The summed E-state index contributed by atoms with van der Waals surface area (Å²) < 4.78 is 3.03. The number of aromatic nitrogens is 2. The number of hydrogen-bond acceptors (Lipinski definition) is 2. The van der Waals surface area contributed by atoms with Crippen LogP contribution in [0.3, 0.4) is 0 Å². The molecular weight excluding hydrogens is 266 g/mol. The summed E-state index contributed by atoms with van der Waals surface area (Å²) in [7, 11) is 1.99. The second-order valence-corrected chi connectivity index (χ2v) is 6.11. The van der Waals surface area contributed by atoms with Crippen molar-refractivity contribution in [2.24, 2.45) is 12.5 Å². The fraction of sp³-hybridized carbons (Fsp3) is 0.750. The van der Waals surface area contributed by atoms with Crippen molar-refractivity contribution in [3.8, 4) is 0 Å². The number of nitrogens with zero attached hydrogens (tertiary/aromatic N) is 2. The first-order valence-electron chi connectivity index (χ1n) is 5.78. The lowest BCUT2D eigenvalue weighted by Gasteiger charge is -2.32. The van der Waals surface area contributed by atoms with E-state index in [9.17, 15) is 0 Å². The summed E-state index contributed by atoms with van der Waals surface area (Å²) in [5.41, 5.74) is 1.40. The molecule has 0 amide bonds. The van der Waals surface area contributed by atoms with Crippen molar-refractivity contribution in [3.05, 3.63) is 16.4 Å². The van der Waals surface area contributed by atoms with E-state index in [1.165, 1.54) is 5.69 Å². The Hall–Kier alpha value is -0.350. The van der Waals surface area contributed by atoms with Crippen LogP contribution in [0.2, 0.25) is 0 Å². The predicted octanol–water partition coefficient (Wildman–Crippen LogP) is 3.27. The number of nitrogens with one attached hydrogen (secondary N) is 1. The first-order chi connectivity index (χ1) is 7.38. The van der Waals surface area contributed by atoms with Crippen LogP contribution in [0.25, 0.3) is 0 Å². The Kier molecular flexibility index (Phi) is 4.56. The van der Waals surface area contributed by atoms with Crippen LogP contribution >= 0.6 is 15.9 Å². The molecule has 1 rings (SSSR count). The van der Waals surface area contributed by atoms with E-state index in [4.69, 9.17) is 0 Å². The van der Waals surface area contributed by atoms with Gasteiger partial charge in [0.1, 0.15) is 0 Å². The van der Waals surface area contributed by atoms with Crippen LogP contribution in [-0.4, -0.2) is 16.3 Å². The van der Waals surface area contributed by atoms with Crippen molar-refractivity contribution in [2.75, 3.05) is 6.54 Å². The summed E-state index contributed by atoms with van der Waals surface area (Å²) in [5, 5.41) is 7.89. The first-order valence-corrected chi connectivity index (χ1v) is 6.58. The summed E-state index contributed by atoms with van der Waals surface area (Å²) in [6.07, 6.45) is 3.00. The lowest BCUT2D eigenvalue weighted by molar-refractivity contribution is 0.261. The van der Waals surface area contributed by atoms with E-state index in [1.54, 1.807) is 0 Å². The van der Waals surface area contributed by atoms with E-state index in [1.807, 2.05) is 17.9 Å². The van der Waals surface area contributed by atoms with Crippen LogP contribution in [0.15, 0.2) is 10.7 Å². The maximum atomic E-state index is 4.29. The molecule has 0 saturated heterocycles. The van der Waals surface area contributed by atoms with Gasteiger partial charge in [-0.2, -0.15) is 5.10 Å². The molecule has 1 unspecified atom stereocenters. The van der Waals surface area contributed by atoms with Gasteiger partial charge in [0.25, 0.3) is 0 Å². The molecule has 0 radical (unpaired) electrons. The third kappa shape index (κ3) is 3.08. The van der Waals surface area contributed by atoms with Gasteiger partial charge in [0.05, 0.1) is 22.4 Å². The molecule has 3 nitrogen and oxygen atoms in total. The highest BCUT2D eigenvalue weighted by molar-refractivity contribution is 9.10. The Balaban J connectivity index is 3.01. The highest BCUT2D eigenvalue weighted by Crippen LogP contribution is 2.35. The van der Waals surface area contributed by atoms with E-state index in [0.717, 1.165) is 17.4 Å². The standard InChI is InChI=1S/C12H22BrN3/c1-6-7-14-11(12(2,3)4)10-9(13)8-15-16(10)5/h8,11,14H,6-7H2,1-5H3. The molecule has 0 aliphatic carbocycles. The Labute approximate surface area is 107 Å². The van der Waals surface area contributed by atoms with Gasteiger partial charge in [-0.3, -0.25) is 4.68 Å². The van der Waals surface area contributed by atoms with Crippen LogP contribution in [0.4, 0.5) is 0 Å². The molecule has 1 N–H and O–H groups in total. The average Bonchev–Trinajstić information content (AvgIpc) is 2.47. The molecular formula is C12H22BrN3. The number of aryl methyl sites for hydroxylation is 1. The largest absolute Gasteiger partial charge is 0.308 e. The Bertz CT molecular complexity index is 319. The maximum Gasteiger partial charge on any atom is 0.0697 e. The quantitative estimate of drug-likeness (QED) is 0.921. The molecule has 16 heavy (non-hydrogen) atoms. The van der Waals surface area contributed by atoms with Crippen molar-refractivity contribution >= 4 is 15.9 Å². The lowest BCUT2D eigenvalue weighted by Crippen LogP contribution is -2.34. The van der Waals surface area contributed by atoms with Gasteiger partial charge in [-0.25, -0.2) is 0 Å². The molecule has 1 aromatic heterocycles. The van der Waals surface area contributed by atoms with E-state index in [0.29, 0.717) is 6.04 Å². The van der Waals surface area contributed by atoms with Crippen molar-refractivity contribution < 1.29 is 0 Å². The molecule has 0 saturated carbocycles. The second-order valence-electron chi connectivity index (χ2n) is 5.25. The summed E-state index contributed by atoms with van der Waals surface area (Å²) in [6.45, 7) is 9.96. The van der Waals surface area contributed by atoms with Gasteiger partial charge in [-0.15, -0.1) is 0 Å². The smallest absolute Gasteiger partial charge is 0.0697 e.